The first-order valence-electron chi connectivity index (χ1n) is 10.1. The zero-order valence-electron chi connectivity index (χ0n) is 16.8. The van der Waals surface area contributed by atoms with Crippen molar-refractivity contribution in [3.8, 4) is 0 Å². The zero-order chi connectivity index (χ0) is 20.1. The molecule has 2 fully saturated rings. The van der Waals surface area contributed by atoms with Gasteiger partial charge in [-0.15, -0.1) is 0 Å². The highest BCUT2D eigenvalue weighted by Gasteiger charge is 2.27. The van der Waals surface area contributed by atoms with Gasteiger partial charge in [-0.3, -0.25) is 19.3 Å². The van der Waals surface area contributed by atoms with E-state index in [1.54, 1.807) is 24.3 Å². The number of anilines is 1. The van der Waals surface area contributed by atoms with Gasteiger partial charge in [0.2, 0.25) is 11.8 Å². The van der Waals surface area contributed by atoms with Crippen molar-refractivity contribution >= 4 is 23.4 Å². The Kier molecular flexibility index (Phi) is 6.67. The fourth-order valence-electron chi connectivity index (χ4n) is 3.94. The van der Waals surface area contributed by atoms with Gasteiger partial charge in [-0.05, 0) is 50.5 Å². The average molecular weight is 386 g/mol. The first-order valence-corrected chi connectivity index (χ1v) is 10.1. The zero-order valence-corrected chi connectivity index (χ0v) is 16.8. The second-order valence-electron chi connectivity index (χ2n) is 7.76. The van der Waals surface area contributed by atoms with Crippen LogP contribution in [0.3, 0.4) is 0 Å². The number of piperazine rings is 1. The van der Waals surface area contributed by atoms with Gasteiger partial charge in [-0.1, -0.05) is 0 Å². The van der Waals surface area contributed by atoms with Crippen LogP contribution in [-0.4, -0.2) is 77.7 Å². The fraction of sp³-hybridized carbons (Fsp3) is 0.571. The van der Waals surface area contributed by atoms with Crippen molar-refractivity contribution in [3.63, 3.8) is 0 Å². The van der Waals surface area contributed by atoms with Gasteiger partial charge >= 0.3 is 0 Å². The molecule has 1 unspecified atom stereocenters. The van der Waals surface area contributed by atoms with E-state index in [1.807, 2.05) is 9.80 Å². The van der Waals surface area contributed by atoms with Crippen molar-refractivity contribution in [2.45, 2.75) is 39.2 Å². The first kappa shape index (κ1) is 20.3. The summed E-state index contributed by atoms with van der Waals surface area (Å²) in [6.45, 7) is 7.56. The molecule has 2 heterocycles. The molecule has 7 nitrogen and oxygen atoms in total. The molecule has 0 aliphatic carbocycles. The summed E-state index contributed by atoms with van der Waals surface area (Å²) >= 11 is 0. The van der Waals surface area contributed by atoms with Gasteiger partial charge in [0.15, 0.2) is 0 Å². The van der Waals surface area contributed by atoms with E-state index in [0.717, 1.165) is 19.4 Å². The highest BCUT2D eigenvalue weighted by Crippen LogP contribution is 2.17. The van der Waals surface area contributed by atoms with Gasteiger partial charge in [-0.2, -0.15) is 0 Å². The molecule has 2 aliphatic rings. The van der Waals surface area contributed by atoms with Crippen LogP contribution in [0.5, 0.6) is 0 Å². The molecule has 3 amide bonds. The molecule has 2 saturated heterocycles. The molecule has 1 N–H and O–H groups in total. The molecule has 28 heavy (non-hydrogen) atoms. The molecule has 0 radical (unpaired) electrons. The van der Waals surface area contributed by atoms with Gasteiger partial charge in [-0.25, -0.2) is 0 Å². The maximum absolute atomic E-state index is 12.7. The van der Waals surface area contributed by atoms with E-state index < -0.39 is 0 Å². The molecule has 3 rings (SSSR count). The van der Waals surface area contributed by atoms with E-state index in [2.05, 4.69) is 17.1 Å². The van der Waals surface area contributed by atoms with E-state index in [-0.39, 0.29) is 17.7 Å². The van der Waals surface area contributed by atoms with Crippen LogP contribution in [-0.2, 0) is 9.59 Å². The maximum atomic E-state index is 12.7. The Morgan fingerprint density at radius 2 is 1.68 bits per heavy atom. The van der Waals surface area contributed by atoms with Gasteiger partial charge in [0.05, 0.1) is 6.54 Å². The van der Waals surface area contributed by atoms with Gasteiger partial charge in [0.25, 0.3) is 5.91 Å². The Balaban J connectivity index is 1.48. The van der Waals surface area contributed by atoms with Gasteiger partial charge < -0.3 is 15.1 Å². The summed E-state index contributed by atoms with van der Waals surface area (Å²) < 4.78 is 0. The number of amides is 3. The smallest absolute Gasteiger partial charge is 0.253 e. The quantitative estimate of drug-likeness (QED) is 0.857. The van der Waals surface area contributed by atoms with Crippen LogP contribution in [0, 0.1) is 0 Å². The van der Waals surface area contributed by atoms with E-state index in [0.29, 0.717) is 50.0 Å². The van der Waals surface area contributed by atoms with Crippen molar-refractivity contribution in [3.05, 3.63) is 29.8 Å². The largest absolute Gasteiger partial charge is 0.339 e. The van der Waals surface area contributed by atoms with Crippen LogP contribution in [0.4, 0.5) is 5.69 Å². The highest BCUT2D eigenvalue weighted by atomic mass is 16.2. The van der Waals surface area contributed by atoms with Crippen molar-refractivity contribution in [1.82, 2.24) is 14.7 Å². The molecule has 1 aromatic carbocycles. The Morgan fingerprint density at radius 3 is 2.29 bits per heavy atom. The Labute approximate surface area is 166 Å². The summed E-state index contributed by atoms with van der Waals surface area (Å²) in [5.41, 5.74) is 1.29. The predicted octanol–water partition coefficient (Wildman–Crippen LogP) is 1.80. The molecule has 7 heteroatoms. The Morgan fingerprint density at radius 1 is 1.00 bits per heavy atom. The van der Waals surface area contributed by atoms with E-state index in [1.165, 1.54) is 13.3 Å². The lowest BCUT2D eigenvalue weighted by molar-refractivity contribution is -0.136. The minimum absolute atomic E-state index is 0.00926. The summed E-state index contributed by atoms with van der Waals surface area (Å²) in [5.74, 6) is 0.0641. The number of hydrogen-bond donors (Lipinski definition) is 1. The monoisotopic (exact) mass is 386 g/mol. The summed E-state index contributed by atoms with van der Waals surface area (Å²) in [7, 11) is 0. The van der Waals surface area contributed by atoms with Crippen LogP contribution < -0.4 is 5.32 Å². The van der Waals surface area contributed by atoms with E-state index >= 15 is 0 Å². The van der Waals surface area contributed by atoms with Crippen LogP contribution >= 0.6 is 0 Å². The molecule has 0 spiro atoms. The van der Waals surface area contributed by atoms with Crippen molar-refractivity contribution in [2.24, 2.45) is 0 Å². The normalized spacial score (nSPS) is 20.7. The molecule has 0 aromatic heterocycles. The molecule has 2 aliphatic heterocycles. The maximum Gasteiger partial charge on any atom is 0.253 e. The molecular formula is C21H30N4O3. The molecule has 1 aromatic rings. The van der Waals surface area contributed by atoms with Gasteiger partial charge in [0.1, 0.15) is 0 Å². The lowest BCUT2D eigenvalue weighted by atomic mass is 10.0. The predicted molar refractivity (Wildman–Crippen MR) is 108 cm³/mol. The summed E-state index contributed by atoms with van der Waals surface area (Å²) in [5, 5.41) is 2.70. The summed E-state index contributed by atoms with van der Waals surface area (Å²) in [6, 6.07) is 7.29. The average Bonchev–Trinajstić information content (AvgIpc) is 2.68. The minimum atomic E-state index is -0.135. The number of carbonyl (C=O) groups excluding carboxylic acids is 3. The highest BCUT2D eigenvalue weighted by molar-refractivity contribution is 5.95. The van der Waals surface area contributed by atoms with E-state index in [9.17, 15) is 14.4 Å². The number of benzene rings is 1. The van der Waals surface area contributed by atoms with Crippen LogP contribution in [0.15, 0.2) is 24.3 Å². The number of piperidine rings is 1. The molecule has 0 saturated carbocycles. The number of likely N-dealkylation sites (tertiary alicyclic amines) is 1. The molecule has 1 atom stereocenters. The molecule has 0 bridgehead atoms. The summed E-state index contributed by atoms with van der Waals surface area (Å²) in [6.07, 6.45) is 3.39. The lowest BCUT2D eigenvalue weighted by Crippen LogP contribution is -2.53. The Bertz CT molecular complexity index is 711. The molecular weight excluding hydrogens is 356 g/mol. The Hall–Kier alpha value is -2.41. The third-order valence-corrected chi connectivity index (χ3v) is 5.59. The number of nitrogens with zero attached hydrogens (tertiary/aromatic N) is 3. The fourth-order valence-corrected chi connectivity index (χ4v) is 3.94. The first-order chi connectivity index (χ1) is 13.4. The lowest BCUT2D eigenvalue weighted by Gasteiger charge is -2.38. The van der Waals surface area contributed by atoms with Crippen LogP contribution in [0.2, 0.25) is 0 Å². The topological polar surface area (TPSA) is 73.0 Å². The number of carbonyl (C=O) groups is 3. The SMILES string of the molecule is CC(=O)Nc1ccc(C(=O)N2CCN(CC(=O)N3CCCCC3C)CC2)cc1. The number of hydrogen-bond acceptors (Lipinski definition) is 4. The standard InChI is InChI=1S/C21H30N4O3/c1-16-5-3-4-10-25(16)20(27)15-23-11-13-24(14-12-23)21(28)18-6-8-19(9-7-18)22-17(2)26/h6-9,16H,3-5,10-15H2,1-2H3,(H,22,26). The van der Waals surface area contributed by atoms with Crippen LogP contribution in [0.1, 0.15) is 43.5 Å². The minimum Gasteiger partial charge on any atom is -0.339 e. The van der Waals surface area contributed by atoms with Crippen molar-refractivity contribution < 1.29 is 14.4 Å². The van der Waals surface area contributed by atoms with Crippen molar-refractivity contribution in [2.75, 3.05) is 44.6 Å². The number of rotatable bonds is 4. The second kappa shape index (κ2) is 9.19. The second-order valence-corrected chi connectivity index (χ2v) is 7.76. The van der Waals surface area contributed by atoms with Crippen LogP contribution in [0.25, 0.3) is 0 Å². The van der Waals surface area contributed by atoms with E-state index in [4.69, 9.17) is 0 Å². The molecule has 152 valence electrons. The van der Waals surface area contributed by atoms with Gasteiger partial charge in [0, 0.05) is 56.9 Å². The third-order valence-electron chi connectivity index (χ3n) is 5.59. The third kappa shape index (κ3) is 5.10. The summed E-state index contributed by atoms with van der Waals surface area (Å²) in [4.78, 5) is 42.4. The van der Waals surface area contributed by atoms with Crippen molar-refractivity contribution in [1.29, 1.82) is 0 Å². The number of nitrogens with one attached hydrogen (secondary N) is 1.